The van der Waals surface area contributed by atoms with Crippen LogP contribution in [-0.4, -0.2) is 83.5 Å². The van der Waals surface area contributed by atoms with E-state index in [1.165, 1.54) is 19.1 Å². The average molecular weight is 484 g/mol. The van der Waals surface area contributed by atoms with E-state index in [-0.39, 0.29) is 44.7 Å². The second-order valence-electron chi connectivity index (χ2n) is 7.71. The average Bonchev–Trinajstić information content (AvgIpc) is 3.07. The zero-order chi connectivity index (χ0) is 25.7. The first-order valence-corrected chi connectivity index (χ1v) is 10.8. The lowest BCUT2D eigenvalue weighted by atomic mass is 10.1. The van der Waals surface area contributed by atoms with Crippen molar-refractivity contribution in [1.82, 2.24) is 26.2 Å². The Morgan fingerprint density at radius 2 is 1.56 bits per heavy atom. The van der Waals surface area contributed by atoms with Crippen LogP contribution in [0.4, 0.5) is 9.59 Å². The van der Waals surface area contributed by atoms with Gasteiger partial charge < -0.3 is 42.7 Å². The van der Waals surface area contributed by atoms with Crippen LogP contribution in [0.15, 0.2) is 12.2 Å². The number of Topliss-reactive ketones (excluding diaryl/α,β-unsaturated/α-hetero) is 1. The van der Waals surface area contributed by atoms with E-state index < -0.39 is 48.1 Å². The number of amides is 7. The molecule has 0 spiro atoms. The van der Waals surface area contributed by atoms with Crippen molar-refractivity contribution in [3.05, 3.63) is 12.2 Å². The van der Waals surface area contributed by atoms with Gasteiger partial charge in [0, 0.05) is 32.1 Å². The summed E-state index contributed by atoms with van der Waals surface area (Å²) < 4.78 is 0. The highest BCUT2D eigenvalue weighted by Crippen LogP contribution is 2.09. The molecule has 0 saturated heterocycles. The minimum atomic E-state index is -1.11. The van der Waals surface area contributed by atoms with Gasteiger partial charge in [0.15, 0.2) is 5.78 Å². The van der Waals surface area contributed by atoms with Gasteiger partial charge in [0.2, 0.25) is 17.7 Å². The molecule has 0 radical (unpaired) electrons. The second-order valence-corrected chi connectivity index (χ2v) is 7.71. The van der Waals surface area contributed by atoms with E-state index in [0.717, 1.165) is 4.90 Å². The molecule has 1 rings (SSSR count). The number of aliphatic hydroxyl groups excluding tert-OH is 1. The van der Waals surface area contributed by atoms with Crippen molar-refractivity contribution >= 4 is 35.6 Å². The zero-order valence-corrected chi connectivity index (χ0v) is 19.0. The summed E-state index contributed by atoms with van der Waals surface area (Å²) in [5.41, 5.74) is 10.0. The number of carbonyl (C=O) groups is 6. The molecule has 1 aliphatic heterocycles. The van der Waals surface area contributed by atoms with E-state index >= 15 is 0 Å². The molecule has 0 aromatic carbocycles. The van der Waals surface area contributed by atoms with Gasteiger partial charge in [0.25, 0.3) is 0 Å². The Bertz CT molecular complexity index is 802. The molecule has 14 nitrogen and oxygen atoms in total. The van der Waals surface area contributed by atoms with E-state index in [1.807, 2.05) is 0 Å². The first-order chi connectivity index (χ1) is 16.0. The van der Waals surface area contributed by atoms with Crippen molar-refractivity contribution in [2.45, 2.75) is 57.3 Å². The van der Waals surface area contributed by atoms with Gasteiger partial charge in [-0.15, -0.1) is 0 Å². The molecule has 0 aromatic heterocycles. The number of ketones is 1. The summed E-state index contributed by atoms with van der Waals surface area (Å²) in [5.74, 6) is -1.88. The summed E-state index contributed by atoms with van der Waals surface area (Å²) in [6.07, 6.45) is 2.29. The lowest BCUT2D eigenvalue weighted by molar-refractivity contribution is -0.133. The summed E-state index contributed by atoms with van der Waals surface area (Å²) in [7, 11) is 0. The highest BCUT2D eigenvalue weighted by Gasteiger charge is 2.27. The third kappa shape index (κ3) is 10.8. The van der Waals surface area contributed by atoms with Gasteiger partial charge in [-0.25, -0.2) is 9.59 Å². The zero-order valence-electron chi connectivity index (χ0n) is 19.0. The topological polar surface area (TPSA) is 226 Å². The summed E-state index contributed by atoms with van der Waals surface area (Å²) in [4.78, 5) is 71.6. The van der Waals surface area contributed by atoms with Gasteiger partial charge >= 0.3 is 12.1 Å². The van der Waals surface area contributed by atoms with E-state index in [9.17, 15) is 33.9 Å². The van der Waals surface area contributed by atoms with Crippen LogP contribution in [0, 0.1) is 0 Å². The molecule has 190 valence electrons. The Morgan fingerprint density at radius 1 is 1.00 bits per heavy atom. The minimum Gasteiger partial charge on any atom is -0.370 e. The molecular weight excluding hydrogens is 450 g/mol. The predicted molar refractivity (Wildman–Crippen MR) is 120 cm³/mol. The molecule has 7 amide bonds. The number of nitrogens with one attached hydrogen (secondary N) is 4. The smallest absolute Gasteiger partial charge is 0.312 e. The molecule has 0 aliphatic carbocycles. The molecule has 9 N–H and O–H groups in total. The van der Waals surface area contributed by atoms with Gasteiger partial charge in [-0.1, -0.05) is 0 Å². The van der Waals surface area contributed by atoms with Crippen molar-refractivity contribution in [3.63, 3.8) is 0 Å². The minimum absolute atomic E-state index is 0.0562. The first kappa shape index (κ1) is 28.4. The number of hydrogen-bond donors (Lipinski definition) is 7. The number of hydrogen-bond acceptors (Lipinski definition) is 7. The Morgan fingerprint density at radius 3 is 2.03 bits per heavy atom. The van der Waals surface area contributed by atoms with Crippen LogP contribution in [0.1, 0.15) is 39.0 Å². The standard InChI is InChI=1S/C20H33N7O7/c1-12(28)13(4-2-9-23-19(21)33)26-18(32)14(5-3-10-24-20(22)34)25-15(29)8-11-27-16(30)6-7-17(27)31/h6-7,13-14,16,30H,2-5,8-11H2,1H3,(H,25,29)(H,26,32)(H3,21,23,33)(H3,22,24,34)/t13?,14-,16?/m0/s1. The lowest BCUT2D eigenvalue weighted by Crippen LogP contribution is -2.52. The number of nitrogens with zero attached hydrogens (tertiary/aromatic N) is 1. The van der Waals surface area contributed by atoms with Gasteiger partial charge in [-0.2, -0.15) is 0 Å². The van der Waals surface area contributed by atoms with Crippen LogP contribution >= 0.6 is 0 Å². The monoisotopic (exact) mass is 483 g/mol. The fourth-order valence-corrected chi connectivity index (χ4v) is 3.18. The molecule has 0 saturated carbocycles. The molecule has 0 bridgehead atoms. The highest BCUT2D eigenvalue weighted by atomic mass is 16.3. The predicted octanol–water partition coefficient (Wildman–Crippen LogP) is -2.45. The van der Waals surface area contributed by atoms with Crippen LogP contribution in [-0.2, 0) is 19.2 Å². The number of nitrogens with two attached hydrogens (primary N) is 2. The number of rotatable bonds is 15. The van der Waals surface area contributed by atoms with Crippen LogP contribution in [0.3, 0.4) is 0 Å². The fourth-order valence-electron chi connectivity index (χ4n) is 3.18. The maximum Gasteiger partial charge on any atom is 0.312 e. The van der Waals surface area contributed by atoms with E-state index in [0.29, 0.717) is 12.8 Å². The molecule has 2 unspecified atom stereocenters. The molecule has 34 heavy (non-hydrogen) atoms. The third-order valence-corrected chi connectivity index (χ3v) is 4.99. The van der Waals surface area contributed by atoms with Crippen LogP contribution in [0.5, 0.6) is 0 Å². The van der Waals surface area contributed by atoms with Gasteiger partial charge in [0.05, 0.1) is 6.04 Å². The summed E-state index contributed by atoms with van der Waals surface area (Å²) in [6.45, 7) is 1.65. The normalized spacial score (nSPS) is 16.5. The Hall–Kier alpha value is -3.68. The van der Waals surface area contributed by atoms with Gasteiger partial charge in [0.1, 0.15) is 12.3 Å². The number of carbonyl (C=O) groups excluding carboxylic acids is 6. The SMILES string of the molecule is CC(=O)C(CCCNC(N)=O)NC(=O)[C@H](CCCNC(N)=O)NC(=O)CCN1C(=O)C=CC1O. The molecule has 3 atom stereocenters. The van der Waals surface area contributed by atoms with Crippen LogP contribution in [0.2, 0.25) is 0 Å². The van der Waals surface area contributed by atoms with Crippen molar-refractivity contribution in [2.24, 2.45) is 11.5 Å². The Kier molecular flexibility index (Phi) is 12.1. The Labute approximate surface area is 196 Å². The summed E-state index contributed by atoms with van der Waals surface area (Å²) in [5, 5.41) is 19.7. The molecule has 0 aromatic rings. The quantitative estimate of drug-likeness (QED) is 0.124. The van der Waals surface area contributed by atoms with Crippen LogP contribution in [0.25, 0.3) is 0 Å². The Balaban J connectivity index is 2.69. The lowest BCUT2D eigenvalue weighted by Gasteiger charge is -2.24. The summed E-state index contributed by atoms with van der Waals surface area (Å²) >= 11 is 0. The van der Waals surface area contributed by atoms with Crippen molar-refractivity contribution in [2.75, 3.05) is 19.6 Å². The molecule has 1 aliphatic rings. The van der Waals surface area contributed by atoms with E-state index in [2.05, 4.69) is 21.3 Å². The number of urea groups is 2. The molecular formula is C20H33N7O7. The maximum atomic E-state index is 12.8. The van der Waals surface area contributed by atoms with Gasteiger partial charge in [-0.05, 0) is 38.7 Å². The molecule has 0 fully saturated rings. The third-order valence-electron chi connectivity index (χ3n) is 4.99. The number of primary amides is 2. The van der Waals surface area contributed by atoms with Crippen LogP contribution < -0.4 is 32.7 Å². The first-order valence-electron chi connectivity index (χ1n) is 10.8. The van der Waals surface area contributed by atoms with Crippen molar-refractivity contribution in [3.8, 4) is 0 Å². The van der Waals surface area contributed by atoms with Crippen molar-refractivity contribution < 1.29 is 33.9 Å². The molecule has 1 heterocycles. The summed E-state index contributed by atoms with van der Waals surface area (Å²) in [6, 6.07) is -3.29. The van der Waals surface area contributed by atoms with E-state index in [1.54, 1.807) is 0 Å². The fraction of sp³-hybridized carbons (Fsp3) is 0.600. The molecule has 14 heteroatoms. The maximum absolute atomic E-state index is 12.8. The van der Waals surface area contributed by atoms with Gasteiger partial charge in [-0.3, -0.25) is 19.2 Å². The van der Waals surface area contributed by atoms with E-state index in [4.69, 9.17) is 11.5 Å². The van der Waals surface area contributed by atoms with Crippen molar-refractivity contribution in [1.29, 1.82) is 0 Å². The number of aliphatic hydroxyl groups is 1. The second kappa shape index (κ2) is 14.5. The highest BCUT2D eigenvalue weighted by molar-refractivity contribution is 5.93. The largest absolute Gasteiger partial charge is 0.370 e.